The first-order valence-corrected chi connectivity index (χ1v) is 10.7. The van der Waals surface area contributed by atoms with Crippen LogP contribution in [0.5, 0.6) is 11.5 Å². The summed E-state index contributed by atoms with van der Waals surface area (Å²) in [6, 6.07) is 13.0. The van der Waals surface area contributed by atoms with E-state index >= 15 is 0 Å². The number of methoxy groups -OCH3 is 1. The molecule has 0 radical (unpaired) electrons. The van der Waals surface area contributed by atoms with Crippen LogP contribution in [0.25, 0.3) is 0 Å². The van der Waals surface area contributed by atoms with E-state index in [-0.39, 0.29) is 11.5 Å². The maximum Gasteiger partial charge on any atom is 0.335 e. The lowest BCUT2D eigenvalue weighted by atomic mass is 9.53. The number of aliphatic hydroxyl groups excluding tert-OH is 1. The van der Waals surface area contributed by atoms with Crippen molar-refractivity contribution in [1.29, 1.82) is 0 Å². The molecule has 0 unspecified atom stereocenters. The Bertz CT molecular complexity index is 1040. The number of aromatic carboxylic acids is 1. The van der Waals surface area contributed by atoms with E-state index in [0.29, 0.717) is 17.5 Å². The van der Waals surface area contributed by atoms with Gasteiger partial charge in [0.1, 0.15) is 12.2 Å². The number of likely N-dealkylation sites (tertiary alicyclic amines) is 1. The summed E-state index contributed by atoms with van der Waals surface area (Å²) in [5.41, 5.74) is 2.93. The first-order valence-electron chi connectivity index (χ1n) is 10.7. The van der Waals surface area contributed by atoms with Crippen molar-refractivity contribution in [3.63, 3.8) is 0 Å². The Hall–Kier alpha value is -2.83. The molecule has 2 bridgehead atoms. The van der Waals surface area contributed by atoms with Crippen LogP contribution in [0.1, 0.15) is 27.9 Å². The molecular formula is C25H27NO5. The molecule has 1 fully saturated rings. The third kappa shape index (κ3) is 2.89. The lowest BCUT2D eigenvalue weighted by Crippen LogP contribution is -2.64. The Balaban J connectivity index is 0.000000192. The first kappa shape index (κ1) is 20.1. The normalized spacial score (nSPS) is 31.7. The SMILES string of the molecule is COc1ccc2c3c1O[C@H]1[C@@H](O)C=C[C@H]4[C@@H](C2)N(C)CC[C@@]341.O=C(O)c1ccccc1. The van der Waals surface area contributed by atoms with Gasteiger partial charge in [0, 0.05) is 22.9 Å². The number of piperidine rings is 1. The van der Waals surface area contributed by atoms with Gasteiger partial charge in [-0.1, -0.05) is 36.4 Å². The van der Waals surface area contributed by atoms with Crippen molar-refractivity contribution >= 4 is 5.97 Å². The van der Waals surface area contributed by atoms with Gasteiger partial charge in [-0.3, -0.25) is 0 Å². The predicted octanol–water partition coefficient (Wildman–Crippen LogP) is 2.89. The molecule has 5 atom stereocenters. The van der Waals surface area contributed by atoms with Gasteiger partial charge in [0.05, 0.1) is 12.7 Å². The highest BCUT2D eigenvalue weighted by Crippen LogP contribution is 2.62. The molecule has 0 saturated carbocycles. The van der Waals surface area contributed by atoms with Crippen molar-refractivity contribution in [3.05, 3.63) is 71.3 Å². The average Bonchev–Trinajstić information content (AvgIpc) is 3.14. The number of hydrogen-bond acceptors (Lipinski definition) is 5. The fraction of sp³-hybridized carbons (Fsp3) is 0.400. The molecule has 1 saturated heterocycles. The molecular weight excluding hydrogens is 394 g/mol. The Morgan fingerprint density at radius 1 is 1.19 bits per heavy atom. The Labute approximate surface area is 181 Å². The number of rotatable bonds is 2. The molecule has 2 aliphatic heterocycles. The van der Waals surface area contributed by atoms with E-state index in [4.69, 9.17) is 14.6 Å². The highest BCUT2D eigenvalue weighted by molar-refractivity contribution is 5.87. The van der Waals surface area contributed by atoms with Crippen LogP contribution < -0.4 is 9.47 Å². The van der Waals surface area contributed by atoms with Gasteiger partial charge >= 0.3 is 5.97 Å². The van der Waals surface area contributed by atoms with Gasteiger partial charge in [-0.05, 0) is 50.2 Å². The van der Waals surface area contributed by atoms with Gasteiger partial charge in [-0.2, -0.15) is 0 Å². The van der Waals surface area contributed by atoms with Crippen molar-refractivity contribution in [1.82, 2.24) is 4.90 Å². The van der Waals surface area contributed by atoms with E-state index in [9.17, 15) is 9.90 Å². The van der Waals surface area contributed by atoms with E-state index in [2.05, 4.69) is 24.1 Å². The van der Waals surface area contributed by atoms with E-state index in [1.807, 2.05) is 12.1 Å². The molecule has 2 aliphatic carbocycles. The second-order valence-electron chi connectivity index (χ2n) is 8.78. The van der Waals surface area contributed by atoms with Gasteiger partial charge < -0.3 is 24.6 Å². The summed E-state index contributed by atoms with van der Waals surface area (Å²) >= 11 is 0. The van der Waals surface area contributed by atoms with E-state index < -0.39 is 12.1 Å². The molecule has 4 aliphatic rings. The van der Waals surface area contributed by atoms with Crippen LogP contribution >= 0.6 is 0 Å². The third-order valence-electron chi connectivity index (χ3n) is 7.38. The summed E-state index contributed by atoms with van der Waals surface area (Å²) in [5, 5.41) is 18.9. The molecule has 1 spiro atoms. The van der Waals surface area contributed by atoms with Crippen LogP contribution in [0.2, 0.25) is 0 Å². The number of hydrogen-bond donors (Lipinski definition) is 2. The molecule has 6 rings (SSSR count). The van der Waals surface area contributed by atoms with Crippen LogP contribution in [0, 0.1) is 5.92 Å². The third-order valence-corrected chi connectivity index (χ3v) is 7.38. The number of likely N-dealkylation sites (N-methyl/N-ethyl adjacent to an activating group) is 1. The molecule has 6 heteroatoms. The predicted molar refractivity (Wildman–Crippen MR) is 116 cm³/mol. The van der Waals surface area contributed by atoms with Crippen LogP contribution in [0.3, 0.4) is 0 Å². The van der Waals surface area contributed by atoms with Crippen molar-refractivity contribution in [3.8, 4) is 11.5 Å². The summed E-state index contributed by atoms with van der Waals surface area (Å²) in [5.74, 6) is 1.21. The van der Waals surface area contributed by atoms with Crippen LogP contribution in [0.4, 0.5) is 0 Å². The fourth-order valence-electron chi connectivity index (χ4n) is 5.97. The van der Waals surface area contributed by atoms with Crippen LogP contribution in [0.15, 0.2) is 54.6 Å². The number of carbonyl (C=O) groups is 1. The van der Waals surface area contributed by atoms with Crippen molar-refractivity contribution < 1.29 is 24.5 Å². The van der Waals surface area contributed by atoms with Crippen molar-refractivity contribution in [2.45, 2.75) is 36.5 Å². The van der Waals surface area contributed by atoms with Gasteiger partial charge in [0.15, 0.2) is 11.5 Å². The highest BCUT2D eigenvalue weighted by Gasteiger charge is 2.64. The molecule has 0 aromatic heterocycles. The summed E-state index contributed by atoms with van der Waals surface area (Å²) < 4.78 is 11.8. The zero-order valence-electron chi connectivity index (χ0n) is 17.7. The zero-order chi connectivity index (χ0) is 21.8. The Kier molecular flexibility index (Phi) is 4.79. The molecule has 0 amide bonds. The summed E-state index contributed by atoms with van der Waals surface area (Å²) in [4.78, 5) is 12.7. The first-order chi connectivity index (χ1) is 15.0. The summed E-state index contributed by atoms with van der Waals surface area (Å²) in [6.07, 6.45) is 5.54. The average molecular weight is 421 g/mol. The van der Waals surface area contributed by atoms with E-state index in [1.54, 1.807) is 37.4 Å². The number of aliphatic hydroxyl groups is 1. The number of ether oxygens (including phenoxy) is 2. The van der Waals surface area contributed by atoms with Gasteiger partial charge in [0.2, 0.25) is 0 Å². The van der Waals surface area contributed by atoms with Crippen molar-refractivity contribution in [2.24, 2.45) is 5.92 Å². The zero-order valence-corrected chi connectivity index (χ0v) is 17.7. The quantitative estimate of drug-likeness (QED) is 0.726. The Morgan fingerprint density at radius 3 is 2.65 bits per heavy atom. The topological polar surface area (TPSA) is 79.2 Å². The maximum absolute atomic E-state index is 10.6. The van der Waals surface area contributed by atoms with Crippen molar-refractivity contribution in [2.75, 3.05) is 20.7 Å². The smallest absolute Gasteiger partial charge is 0.335 e. The fourth-order valence-corrected chi connectivity index (χ4v) is 5.97. The lowest BCUT2D eigenvalue weighted by molar-refractivity contribution is -0.0453. The number of nitrogens with zero attached hydrogens (tertiary/aromatic N) is 1. The molecule has 2 aromatic rings. The Morgan fingerprint density at radius 2 is 1.97 bits per heavy atom. The molecule has 2 N–H and O–H groups in total. The molecule has 6 nitrogen and oxygen atoms in total. The van der Waals surface area contributed by atoms with Gasteiger partial charge in [-0.15, -0.1) is 0 Å². The monoisotopic (exact) mass is 421 g/mol. The summed E-state index contributed by atoms with van der Waals surface area (Å²) in [7, 11) is 3.91. The highest BCUT2D eigenvalue weighted by atomic mass is 16.5. The maximum atomic E-state index is 10.6. The van der Waals surface area contributed by atoms with Gasteiger partial charge in [-0.25, -0.2) is 4.79 Å². The van der Waals surface area contributed by atoms with Crippen LogP contribution in [-0.4, -0.2) is 60.0 Å². The molecule has 162 valence electrons. The minimum Gasteiger partial charge on any atom is -0.493 e. The molecule has 31 heavy (non-hydrogen) atoms. The second kappa shape index (κ2) is 7.39. The van der Waals surface area contributed by atoms with E-state index in [0.717, 1.165) is 30.9 Å². The minimum absolute atomic E-state index is 0.0806. The van der Waals surface area contributed by atoms with Gasteiger partial charge in [0.25, 0.3) is 0 Å². The van der Waals surface area contributed by atoms with Crippen LogP contribution in [-0.2, 0) is 11.8 Å². The molecule has 2 heterocycles. The second-order valence-corrected chi connectivity index (χ2v) is 8.78. The summed E-state index contributed by atoms with van der Waals surface area (Å²) in [6.45, 7) is 1.05. The number of carboxylic acids is 1. The number of carboxylic acid groups (broad SMARTS) is 1. The number of benzene rings is 2. The largest absolute Gasteiger partial charge is 0.493 e. The minimum atomic E-state index is -0.879. The van der Waals surface area contributed by atoms with E-state index in [1.165, 1.54) is 11.1 Å². The standard InChI is InChI=1S/C18H21NO3.C7H6O2/c1-19-8-7-18-11-4-5-13(20)17(18)22-16-14(21-2)6-3-10(15(16)18)9-12(11)19;8-7(9)6-4-2-1-3-5-6/h3-6,11-13,17,20H,7-9H2,1-2H3;1-5H,(H,8,9)/t11-,12+,13-,17-,18-;/m0./s1. The molecule has 2 aromatic carbocycles. The lowest BCUT2D eigenvalue weighted by Gasteiger charge is -2.56.